The van der Waals surface area contributed by atoms with E-state index in [-0.39, 0.29) is 12.6 Å². The molecule has 0 fully saturated rings. The average Bonchev–Trinajstić information content (AvgIpc) is 3.14. The average molecular weight is 775 g/mol. The van der Waals surface area contributed by atoms with Gasteiger partial charge in [-0.05, 0) is 51.3 Å². The highest BCUT2D eigenvalue weighted by Gasteiger charge is 2.15. The number of hydrogen-bond donors (Lipinski definition) is 0. The van der Waals surface area contributed by atoms with Crippen molar-refractivity contribution in [1.29, 1.82) is 0 Å². The molecule has 1 aromatic carbocycles. The van der Waals surface area contributed by atoms with Gasteiger partial charge in [0.15, 0.2) is 0 Å². The summed E-state index contributed by atoms with van der Waals surface area (Å²) < 4.78 is 65.7. The van der Waals surface area contributed by atoms with Crippen LogP contribution in [-0.2, 0) is 63.3 Å². The Morgan fingerprint density at radius 2 is 0.778 bits per heavy atom. The van der Waals surface area contributed by atoms with E-state index in [1.807, 2.05) is 20.8 Å². The number of hydrogen-bond acceptors (Lipinski definition) is 13. The molecule has 0 radical (unpaired) electrons. The summed E-state index contributed by atoms with van der Waals surface area (Å²) in [5.41, 5.74) is 0.866. The van der Waals surface area contributed by atoms with Crippen LogP contribution in [0.15, 0.2) is 24.3 Å². The highest BCUT2D eigenvalue weighted by molar-refractivity contribution is 5.71. The zero-order chi connectivity index (χ0) is 39.1. The van der Waals surface area contributed by atoms with Crippen LogP contribution in [-0.4, -0.2) is 150 Å². The van der Waals surface area contributed by atoms with E-state index >= 15 is 0 Å². The molecule has 0 aliphatic heterocycles. The highest BCUT2D eigenvalue weighted by atomic mass is 16.6. The molecule has 0 aromatic heterocycles. The van der Waals surface area contributed by atoms with Crippen LogP contribution in [0.4, 0.5) is 0 Å². The molecule has 0 spiro atoms. The minimum atomic E-state index is -0.511. The monoisotopic (exact) mass is 775 g/mol. The summed E-state index contributed by atoms with van der Waals surface area (Å²) in [6.07, 6.45) is 10.5. The standard InChI is InChI=1S/C41H74O13/c1-5-6-7-8-9-10-11-12-38-13-15-39(16-14-38)53-36-35-51-32-31-49-28-27-47-24-23-45-20-19-43-17-18-44-21-22-46-25-26-48-29-30-50-33-34-52-37-40(42)54-41(2,3)4/h13-16H,5-12,17-37H2,1-4H3. The van der Waals surface area contributed by atoms with Gasteiger partial charge in [-0.2, -0.15) is 0 Å². The van der Waals surface area contributed by atoms with E-state index in [9.17, 15) is 4.79 Å². The normalized spacial score (nSPS) is 11.7. The predicted molar refractivity (Wildman–Crippen MR) is 208 cm³/mol. The van der Waals surface area contributed by atoms with Crippen molar-refractivity contribution in [1.82, 2.24) is 0 Å². The molecular formula is C41H74O13. The van der Waals surface area contributed by atoms with Gasteiger partial charge in [-0.3, -0.25) is 0 Å². The van der Waals surface area contributed by atoms with Gasteiger partial charge in [0.05, 0.1) is 126 Å². The number of ether oxygens (including phenoxy) is 12. The first-order valence-electron chi connectivity index (χ1n) is 20.1. The van der Waals surface area contributed by atoms with Crippen molar-refractivity contribution in [3.63, 3.8) is 0 Å². The first-order valence-corrected chi connectivity index (χ1v) is 20.1. The van der Waals surface area contributed by atoms with Crippen LogP contribution in [0.5, 0.6) is 5.75 Å². The third-order valence-electron chi connectivity index (χ3n) is 7.48. The lowest BCUT2D eigenvalue weighted by atomic mass is 10.0. The molecule has 54 heavy (non-hydrogen) atoms. The van der Waals surface area contributed by atoms with Crippen molar-refractivity contribution in [3.8, 4) is 5.75 Å². The molecule has 0 bridgehead atoms. The fourth-order valence-electron chi connectivity index (χ4n) is 4.76. The van der Waals surface area contributed by atoms with Crippen molar-refractivity contribution < 1.29 is 61.6 Å². The Labute approximate surface area is 326 Å². The van der Waals surface area contributed by atoms with E-state index in [0.717, 1.165) is 12.2 Å². The summed E-state index contributed by atoms with van der Waals surface area (Å²) in [5.74, 6) is 0.497. The van der Waals surface area contributed by atoms with Crippen LogP contribution in [0.25, 0.3) is 0 Å². The quantitative estimate of drug-likeness (QED) is 0.0582. The fraction of sp³-hybridized carbons (Fsp3) is 0.829. The summed E-state index contributed by atoms with van der Waals surface area (Å²) in [4.78, 5) is 11.5. The highest BCUT2D eigenvalue weighted by Crippen LogP contribution is 2.15. The van der Waals surface area contributed by atoms with Crippen LogP contribution >= 0.6 is 0 Å². The summed E-state index contributed by atoms with van der Waals surface area (Å²) in [6.45, 7) is 17.3. The summed E-state index contributed by atoms with van der Waals surface area (Å²) in [6, 6.07) is 8.44. The number of rotatable bonds is 41. The van der Waals surface area contributed by atoms with E-state index in [2.05, 4.69) is 31.2 Å². The molecule has 1 aromatic rings. The van der Waals surface area contributed by atoms with E-state index in [1.165, 1.54) is 50.5 Å². The van der Waals surface area contributed by atoms with Crippen molar-refractivity contribution in [3.05, 3.63) is 29.8 Å². The Bertz CT molecular complexity index is 927. The Kier molecular flexibility index (Phi) is 35.2. The second-order valence-corrected chi connectivity index (χ2v) is 13.5. The number of unbranched alkanes of at least 4 members (excludes halogenated alkanes) is 6. The zero-order valence-corrected chi connectivity index (χ0v) is 34.1. The molecule has 0 atom stereocenters. The number of carbonyl (C=O) groups excluding carboxylic acids is 1. The maximum Gasteiger partial charge on any atom is 0.332 e. The zero-order valence-electron chi connectivity index (χ0n) is 34.1. The molecule has 0 N–H and O–H groups in total. The number of esters is 1. The maximum absolute atomic E-state index is 11.5. The van der Waals surface area contributed by atoms with Gasteiger partial charge in [-0.1, -0.05) is 57.6 Å². The number of carbonyl (C=O) groups is 1. The third kappa shape index (κ3) is 37.0. The van der Waals surface area contributed by atoms with Crippen LogP contribution in [0.3, 0.4) is 0 Å². The molecule has 0 saturated heterocycles. The molecule has 0 amide bonds. The van der Waals surface area contributed by atoms with Gasteiger partial charge >= 0.3 is 5.97 Å². The minimum absolute atomic E-state index is 0.0826. The van der Waals surface area contributed by atoms with Gasteiger partial charge in [0.2, 0.25) is 0 Å². The Balaban J connectivity index is 1.70. The lowest BCUT2D eigenvalue weighted by molar-refractivity contribution is -0.160. The maximum atomic E-state index is 11.5. The van der Waals surface area contributed by atoms with E-state index in [0.29, 0.717) is 132 Å². The molecule has 13 heteroatoms. The minimum Gasteiger partial charge on any atom is -0.491 e. The number of aryl methyl sites for hydroxylation is 1. The van der Waals surface area contributed by atoms with Crippen molar-refractivity contribution in [2.75, 3.05) is 139 Å². The first kappa shape index (κ1) is 50.1. The molecule has 1 rings (SSSR count). The van der Waals surface area contributed by atoms with Gasteiger partial charge in [0, 0.05) is 0 Å². The van der Waals surface area contributed by atoms with Crippen molar-refractivity contribution in [2.45, 2.75) is 84.7 Å². The SMILES string of the molecule is CCCCCCCCCc1ccc(OCCOCCOCCOCCOCCOCCOCCOCCOCCOCCOCC(=O)OC(C)(C)C)cc1. The topological polar surface area (TPSA) is 128 Å². The van der Waals surface area contributed by atoms with Crippen molar-refractivity contribution in [2.24, 2.45) is 0 Å². The first-order chi connectivity index (χ1) is 26.4. The van der Waals surface area contributed by atoms with Crippen LogP contribution < -0.4 is 4.74 Å². The van der Waals surface area contributed by atoms with Crippen molar-refractivity contribution >= 4 is 5.97 Å². The lowest BCUT2D eigenvalue weighted by Crippen LogP contribution is -2.27. The molecule has 0 aliphatic rings. The molecule has 316 valence electrons. The molecule has 0 unspecified atom stereocenters. The smallest absolute Gasteiger partial charge is 0.332 e. The Hall–Kier alpha value is -1.91. The van der Waals surface area contributed by atoms with Gasteiger partial charge in [-0.25, -0.2) is 4.79 Å². The summed E-state index contributed by atoms with van der Waals surface area (Å²) in [5, 5.41) is 0. The van der Waals surface area contributed by atoms with E-state index < -0.39 is 5.60 Å². The van der Waals surface area contributed by atoms with Gasteiger partial charge < -0.3 is 56.8 Å². The molecule has 13 nitrogen and oxygen atoms in total. The largest absolute Gasteiger partial charge is 0.491 e. The third-order valence-corrected chi connectivity index (χ3v) is 7.48. The van der Waals surface area contributed by atoms with E-state index in [1.54, 1.807) is 0 Å². The fourth-order valence-corrected chi connectivity index (χ4v) is 4.76. The molecule has 0 saturated carbocycles. The molecule has 0 aliphatic carbocycles. The second-order valence-electron chi connectivity index (χ2n) is 13.5. The Morgan fingerprint density at radius 3 is 1.15 bits per heavy atom. The van der Waals surface area contributed by atoms with Gasteiger partial charge in [0.25, 0.3) is 0 Å². The lowest BCUT2D eigenvalue weighted by Gasteiger charge is -2.19. The predicted octanol–water partition coefficient (Wildman–Crippen LogP) is 5.87. The second kappa shape index (κ2) is 38.0. The van der Waals surface area contributed by atoms with Gasteiger partial charge in [-0.15, -0.1) is 0 Å². The van der Waals surface area contributed by atoms with Crippen LogP contribution in [0, 0.1) is 0 Å². The van der Waals surface area contributed by atoms with E-state index in [4.69, 9.17) is 56.8 Å². The van der Waals surface area contributed by atoms with Crippen LogP contribution in [0.1, 0.15) is 78.2 Å². The Morgan fingerprint density at radius 1 is 0.444 bits per heavy atom. The number of benzene rings is 1. The van der Waals surface area contributed by atoms with Crippen LogP contribution in [0.2, 0.25) is 0 Å². The van der Waals surface area contributed by atoms with Gasteiger partial charge in [0.1, 0.15) is 24.6 Å². The molecule has 0 heterocycles. The summed E-state index contributed by atoms with van der Waals surface area (Å²) in [7, 11) is 0. The molecular weight excluding hydrogens is 700 g/mol. The summed E-state index contributed by atoms with van der Waals surface area (Å²) >= 11 is 0.